The van der Waals surface area contributed by atoms with Crippen molar-refractivity contribution < 1.29 is 18.7 Å². The van der Waals surface area contributed by atoms with Crippen LogP contribution in [0.5, 0.6) is 5.75 Å². The lowest BCUT2D eigenvalue weighted by molar-refractivity contribution is 0.0610. The zero-order chi connectivity index (χ0) is 34.4. The highest BCUT2D eigenvalue weighted by Crippen LogP contribution is 2.30. The van der Waals surface area contributed by atoms with Crippen LogP contribution in [0, 0.1) is 5.82 Å². The summed E-state index contributed by atoms with van der Waals surface area (Å²) in [6.45, 7) is 1.76. The zero-order valence-corrected chi connectivity index (χ0v) is 28.7. The Labute approximate surface area is 294 Å². The first-order valence-electron chi connectivity index (χ1n) is 15.7. The molecule has 1 atom stereocenters. The molecule has 1 fully saturated rings. The summed E-state index contributed by atoms with van der Waals surface area (Å²) in [7, 11) is 0. The predicted molar refractivity (Wildman–Crippen MR) is 187 cm³/mol. The van der Waals surface area contributed by atoms with Gasteiger partial charge in [-0.3, -0.25) is 18.7 Å². The number of nitrogens with two attached hydrogens (primary N) is 1. The maximum Gasteiger partial charge on any atom is 0.333 e. The lowest BCUT2D eigenvalue weighted by Gasteiger charge is -2.34. The number of amides is 2. The van der Waals surface area contributed by atoms with Crippen LogP contribution in [0.25, 0.3) is 16.9 Å². The van der Waals surface area contributed by atoms with Gasteiger partial charge in [0.2, 0.25) is 0 Å². The molecule has 0 radical (unpaired) electrons. The number of nitrogens with zero attached hydrogens (tertiary/aromatic N) is 4. The largest absolute Gasteiger partial charge is 0.490 e. The number of carbonyl (C=O) groups is 2. The molecule has 3 heterocycles. The van der Waals surface area contributed by atoms with E-state index in [2.05, 4.69) is 26.2 Å². The van der Waals surface area contributed by atoms with Crippen LogP contribution in [0.1, 0.15) is 51.9 Å². The minimum Gasteiger partial charge on any atom is -0.490 e. The number of hydrogen-bond donors (Lipinski definition) is 2. The van der Waals surface area contributed by atoms with Crippen LogP contribution in [-0.4, -0.2) is 43.0 Å². The molecule has 0 spiro atoms. The molecule has 2 aromatic heterocycles. The van der Waals surface area contributed by atoms with E-state index in [-0.39, 0.29) is 54.8 Å². The highest BCUT2D eigenvalue weighted by Gasteiger charge is 2.35. The number of nitrogen functional groups attached to an aromatic ring is 1. The van der Waals surface area contributed by atoms with Gasteiger partial charge < -0.3 is 20.7 Å². The van der Waals surface area contributed by atoms with Gasteiger partial charge in [-0.1, -0.05) is 29.8 Å². The fourth-order valence-electron chi connectivity index (χ4n) is 6.04. The Hall–Kier alpha value is -4.94. The number of rotatable bonds is 8. The van der Waals surface area contributed by atoms with Crippen LogP contribution < -0.4 is 21.5 Å². The quantitative estimate of drug-likeness (QED) is 0.191. The maximum absolute atomic E-state index is 15.3. The van der Waals surface area contributed by atoms with Gasteiger partial charge in [-0.05, 0) is 96.4 Å². The van der Waals surface area contributed by atoms with E-state index >= 15 is 4.39 Å². The van der Waals surface area contributed by atoms with Crippen LogP contribution >= 0.6 is 27.5 Å². The minimum atomic E-state index is -0.618. The van der Waals surface area contributed by atoms with Gasteiger partial charge in [0.15, 0.2) is 0 Å². The Morgan fingerprint density at radius 1 is 1.08 bits per heavy atom. The Bertz CT molecular complexity index is 2160. The Morgan fingerprint density at radius 2 is 1.84 bits per heavy atom. The smallest absolute Gasteiger partial charge is 0.333 e. The molecule has 250 valence electrons. The van der Waals surface area contributed by atoms with Crippen molar-refractivity contribution in [2.75, 3.05) is 5.73 Å². The van der Waals surface area contributed by atoms with Crippen molar-refractivity contribution in [1.82, 2.24) is 24.3 Å². The molecule has 7 rings (SSSR count). The van der Waals surface area contributed by atoms with Gasteiger partial charge in [-0.2, -0.15) is 0 Å². The zero-order valence-electron chi connectivity index (χ0n) is 26.3. The van der Waals surface area contributed by atoms with Gasteiger partial charge in [-0.25, -0.2) is 14.2 Å². The molecule has 3 aromatic carbocycles. The van der Waals surface area contributed by atoms with Crippen LogP contribution in [0.4, 0.5) is 10.2 Å². The average molecular weight is 746 g/mol. The molecule has 13 heteroatoms. The number of benzene rings is 3. The number of carbonyl (C=O) groups excluding carboxylic acids is 2. The van der Waals surface area contributed by atoms with E-state index in [1.54, 1.807) is 77.7 Å². The van der Waals surface area contributed by atoms with E-state index in [0.717, 1.165) is 12.8 Å². The number of nitrogens with one attached hydrogen (secondary N) is 1. The summed E-state index contributed by atoms with van der Waals surface area (Å²) in [5, 5.41) is 3.22. The van der Waals surface area contributed by atoms with Crippen molar-refractivity contribution in [2.24, 2.45) is 0 Å². The number of halogens is 3. The van der Waals surface area contributed by atoms with E-state index in [0.29, 0.717) is 43.4 Å². The van der Waals surface area contributed by atoms with Crippen LogP contribution in [0.2, 0.25) is 5.02 Å². The second kappa shape index (κ2) is 13.2. The molecule has 0 bridgehead atoms. The molecule has 0 saturated heterocycles. The summed E-state index contributed by atoms with van der Waals surface area (Å²) < 4.78 is 24.7. The third-order valence-electron chi connectivity index (χ3n) is 8.70. The molecule has 2 amide bonds. The average Bonchev–Trinajstić information content (AvgIpc) is 3.86. The standard InChI is InChI=1S/C36H31BrClFN6O4/c1-20-18-44-31(19-43(20)35(47)21-8-15-27(37)28(38)16-21)33(45(36(44)48)22-9-11-23(12-10-22)49-24-13-14-24)34(46)41-17-26-25(4-2-5-29(26)39)30-6-3-7-32(40)42-30/h2-12,15-16,20,24H,13-14,17-19H2,1H3,(H2,40,42)(H,41,46)/t20-/m0/s1. The van der Waals surface area contributed by atoms with E-state index in [1.165, 1.54) is 15.2 Å². The summed E-state index contributed by atoms with van der Waals surface area (Å²) >= 11 is 9.66. The van der Waals surface area contributed by atoms with Crippen molar-refractivity contribution in [2.45, 2.75) is 51.5 Å². The van der Waals surface area contributed by atoms with Crippen molar-refractivity contribution in [1.29, 1.82) is 0 Å². The monoisotopic (exact) mass is 744 g/mol. The van der Waals surface area contributed by atoms with Crippen molar-refractivity contribution in [3.8, 4) is 22.7 Å². The third kappa shape index (κ3) is 6.45. The second-order valence-electron chi connectivity index (χ2n) is 12.1. The summed E-state index contributed by atoms with van der Waals surface area (Å²) in [5.41, 5.74) is 7.79. The highest BCUT2D eigenvalue weighted by molar-refractivity contribution is 9.10. The summed E-state index contributed by atoms with van der Waals surface area (Å²) in [4.78, 5) is 48.1. The molecule has 1 aliphatic carbocycles. The molecule has 1 saturated carbocycles. The molecular weight excluding hydrogens is 715 g/mol. The minimum absolute atomic E-state index is 0.0281. The van der Waals surface area contributed by atoms with Crippen LogP contribution in [0.15, 0.2) is 88.1 Å². The van der Waals surface area contributed by atoms with Gasteiger partial charge in [-0.15, -0.1) is 0 Å². The van der Waals surface area contributed by atoms with E-state index in [9.17, 15) is 14.4 Å². The summed E-state index contributed by atoms with van der Waals surface area (Å²) in [6.07, 6.45) is 2.18. The normalized spacial score (nSPS) is 15.5. The van der Waals surface area contributed by atoms with Gasteiger partial charge in [0, 0.05) is 40.3 Å². The van der Waals surface area contributed by atoms with E-state index in [1.807, 2.05) is 6.92 Å². The molecule has 5 aromatic rings. The number of anilines is 1. The van der Waals surface area contributed by atoms with E-state index < -0.39 is 17.4 Å². The van der Waals surface area contributed by atoms with Gasteiger partial charge in [0.25, 0.3) is 11.8 Å². The number of ether oxygens (including phenoxy) is 1. The molecular formula is C36H31BrClFN6O4. The molecule has 49 heavy (non-hydrogen) atoms. The number of imidazole rings is 1. The van der Waals surface area contributed by atoms with Gasteiger partial charge in [0.05, 0.1) is 34.7 Å². The number of hydrogen-bond acceptors (Lipinski definition) is 6. The first-order chi connectivity index (χ1) is 23.6. The number of aromatic nitrogens is 3. The van der Waals surface area contributed by atoms with Crippen molar-refractivity contribution in [3.05, 3.63) is 127 Å². The second-order valence-corrected chi connectivity index (χ2v) is 13.4. The third-order valence-corrected chi connectivity index (χ3v) is 9.93. The number of fused-ring (bicyclic) bond motifs is 1. The molecule has 1 aliphatic heterocycles. The van der Waals surface area contributed by atoms with Crippen molar-refractivity contribution in [3.63, 3.8) is 0 Å². The Kier molecular flexibility index (Phi) is 8.76. The molecule has 10 nitrogen and oxygen atoms in total. The lowest BCUT2D eigenvalue weighted by atomic mass is 10.0. The van der Waals surface area contributed by atoms with Gasteiger partial charge in [0.1, 0.15) is 23.1 Å². The Morgan fingerprint density at radius 3 is 2.55 bits per heavy atom. The fraction of sp³-hybridized carbons (Fsp3) is 0.222. The first-order valence-corrected chi connectivity index (χ1v) is 16.9. The fourth-order valence-corrected chi connectivity index (χ4v) is 6.47. The molecule has 2 aliphatic rings. The van der Waals surface area contributed by atoms with Crippen LogP contribution in [-0.2, 0) is 19.6 Å². The summed E-state index contributed by atoms with van der Waals surface area (Å²) in [5.74, 6) is -0.522. The van der Waals surface area contributed by atoms with Gasteiger partial charge >= 0.3 is 5.69 Å². The SMILES string of the molecule is C[C@H]1Cn2c(c(C(=O)NCc3c(F)cccc3-c3cccc(N)n3)n(-c3ccc(OC4CC4)cc3)c2=O)CN1C(=O)c1ccc(Br)c(Cl)c1. The summed E-state index contributed by atoms with van der Waals surface area (Å²) in [6, 6.07) is 21.1. The highest BCUT2D eigenvalue weighted by atomic mass is 79.9. The van der Waals surface area contributed by atoms with Crippen LogP contribution in [0.3, 0.4) is 0 Å². The maximum atomic E-state index is 15.3. The predicted octanol–water partition coefficient (Wildman–Crippen LogP) is 6.35. The van der Waals surface area contributed by atoms with E-state index in [4.69, 9.17) is 22.1 Å². The topological polar surface area (TPSA) is 124 Å². The van der Waals surface area contributed by atoms with Crippen molar-refractivity contribution >= 4 is 45.2 Å². The number of pyridine rings is 1. The first kappa shape index (κ1) is 32.6. The Balaban J connectivity index is 1.27. The molecule has 0 unspecified atom stereocenters. The lowest BCUT2D eigenvalue weighted by Crippen LogP contribution is -2.47. The molecule has 3 N–H and O–H groups in total.